The Balaban J connectivity index is 0.000000715. The number of hydrogen-bond acceptors (Lipinski definition) is 9. The van der Waals surface area contributed by atoms with Gasteiger partial charge in [-0.3, -0.25) is 9.59 Å². The highest BCUT2D eigenvalue weighted by atomic mass is 16.6. The summed E-state index contributed by atoms with van der Waals surface area (Å²) >= 11 is 0. The molecule has 0 saturated heterocycles. The maximum absolute atomic E-state index is 12.9. The normalized spacial score (nSPS) is 17.7. The van der Waals surface area contributed by atoms with Crippen molar-refractivity contribution in [2.75, 3.05) is 21.3 Å². The van der Waals surface area contributed by atoms with Gasteiger partial charge >= 0.3 is 11.9 Å². The van der Waals surface area contributed by atoms with Crippen molar-refractivity contribution in [2.45, 2.75) is 70.4 Å². The van der Waals surface area contributed by atoms with Gasteiger partial charge in [-0.05, 0) is 42.4 Å². The molecule has 3 aromatic carbocycles. The van der Waals surface area contributed by atoms with Gasteiger partial charge in [0, 0.05) is 21.3 Å². The molecule has 4 unspecified atom stereocenters. The lowest BCUT2D eigenvalue weighted by molar-refractivity contribution is -0.172. The lowest BCUT2D eigenvalue weighted by atomic mass is 9.94. The first-order valence-corrected chi connectivity index (χ1v) is 15.0. The number of aliphatic hydroxyl groups is 2. The number of hydrogen-bond donors (Lipinski definition) is 2. The highest BCUT2D eigenvalue weighted by molar-refractivity contribution is 5.77. The molecule has 9 nitrogen and oxygen atoms in total. The first-order valence-electron chi connectivity index (χ1n) is 15.0. The summed E-state index contributed by atoms with van der Waals surface area (Å²) in [4.78, 5) is 36.7. The number of methoxy groups -OCH3 is 1. The van der Waals surface area contributed by atoms with Crippen LogP contribution in [-0.4, -0.2) is 68.3 Å². The average molecular weight is 625 g/mol. The lowest BCUT2D eigenvalue weighted by Gasteiger charge is -2.31. The van der Waals surface area contributed by atoms with E-state index in [1.165, 1.54) is 12.7 Å². The molecule has 0 radical (unpaired) electrons. The quantitative estimate of drug-likeness (QED) is 0.157. The molecule has 246 valence electrons. The third-order valence-corrected chi connectivity index (χ3v) is 7.20. The van der Waals surface area contributed by atoms with E-state index in [1.54, 1.807) is 12.1 Å². The number of carbonyl (C=O) groups excluding carboxylic acids is 3. The van der Waals surface area contributed by atoms with E-state index >= 15 is 0 Å². The van der Waals surface area contributed by atoms with Gasteiger partial charge < -0.3 is 29.2 Å². The number of benzene rings is 3. The lowest BCUT2D eigenvalue weighted by Crippen LogP contribution is -2.41. The largest absolute Gasteiger partial charge is 0.464 e. The molecular formula is C36H48O9. The third-order valence-electron chi connectivity index (χ3n) is 7.20. The van der Waals surface area contributed by atoms with Crippen molar-refractivity contribution in [3.63, 3.8) is 0 Å². The fraction of sp³-hybridized carbons (Fsp3) is 0.417. The minimum Gasteiger partial charge on any atom is -0.464 e. The maximum atomic E-state index is 12.9. The van der Waals surface area contributed by atoms with Crippen LogP contribution in [0.1, 0.15) is 55.9 Å². The van der Waals surface area contributed by atoms with Crippen LogP contribution < -0.4 is 0 Å². The van der Waals surface area contributed by atoms with Crippen molar-refractivity contribution in [1.29, 1.82) is 0 Å². The molecule has 9 heteroatoms. The van der Waals surface area contributed by atoms with Crippen molar-refractivity contribution in [2.24, 2.45) is 5.92 Å². The predicted octanol–water partition coefficient (Wildman–Crippen LogP) is 5.27. The van der Waals surface area contributed by atoms with Crippen molar-refractivity contribution in [1.82, 2.24) is 0 Å². The molecule has 3 aromatic rings. The standard InChI is InChI=1S/C26H30O7.C8H10.2CH4O/c1-3-20(32-23(28)16-18-10-6-4-7-11-18)24-21(31-17-27)14-15-22(24)33-26(29)25(30-2)19-12-8-5-9-13-19;1-2-8-6-4-3-5-7-8;2*1-2/h4-13,17,20-22,24-25H,3,14-16H2,1-2H3;3-7H,2H2,1H3;2*2H,1H3/t20?,21?,22?,24?,25-;;;/m0.../s1. The fourth-order valence-electron chi connectivity index (χ4n) is 5.13. The summed E-state index contributed by atoms with van der Waals surface area (Å²) in [6.07, 6.45) is 0.247. The van der Waals surface area contributed by atoms with Crippen LogP contribution in [0.3, 0.4) is 0 Å². The molecule has 1 aliphatic carbocycles. The van der Waals surface area contributed by atoms with E-state index in [4.69, 9.17) is 29.2 Å². The molecule has 1 saturated carbocycles. The molecule has 5 atom stereocenters. The topological polar surface area (TPSA) is 129 Å². The molecule has 0 bridgehead atoms. The van der Waals surface area contributed by atoms with E-state index in [-0.39, 0.29) is 12.4 Å². The molecule has 4 rings (SSSR count). The third kappa shape index (κ3) is 13.2. The zero-order valence-corrected chi connectivity index (χ0v) is 26.9. The van der Waals surface area contributed by atoms with Crippen molar-refractivity contribution < 1.29 is 43.5 Å². The number of carbonyl (C=O) groups is 3. The van der Waals surface area contributed by atoms with Crippen LogP contribution in [0.15, 0.2) is 91.0 Å². The molecule has 1 aliphatic rings. The Labute approximate surface area is 267 Å². The molecule has 0 spiro atoms. The molecule has 0 heterocycles. The Morgan fingerprint density at radius 2 is 1.31 bits per heavy atom. The molecule has 0 aliphatic heterocycles. The Hall–Kier alpha value is -4.05. The Morgan fingerprint density at radius 1 is 0.800 bits per heavy atom. The summed E-state index contributed by atoms with van der Waals surface area (Å²) in [6, 6.07) is 28.8. The number of ether oxygens (including phenoxy) is 4. The summed E-state index contributed by atoms with van der Waals surface area (Å²) in [5.41, 5.74) is 2.94. The van der Waals surface area contributed by atoms with Crippen molar-refractivity contribution in [3.8, 4) is 0 Å². The molecule has 0 amide bonds. The highest BCUT2D eigenvalue weighted by Gasteiger charge is 2.46. The second-order valence-electron chi connectivity index (χ2n) is 9.87. The van der Waals surface area contributed by atoms with E-state index in [9.17, 15) is 14.4 Å². The van der Waals surface area contributed by atoms with E-state index < -0.39 is 36.3 Å². The van der Waals surface area contributed by atoms with Gasteiger partial charge in [0.1, 0.15) is 18.3 Å². The van der Waals surface area contributed by atoms with Gasteiger partial charge in [0.05, 0.1) is 12.3 Å². The maximum Gasteiger partial charge on any atom is 0.340 e. The summed E-state index contributed by atoms with van der Waals surface area (Å²) in [7, 11) is 3.45. The summed E-state index contributed by atoms with van der Waals surface area (Å²) in [5, 5.41) is 14.0. The van der Waals surface area contributed by atoms with E-state index in [0.717, 1.165) is 26.2 Å². The van der Waals surface area contributed by atoms with Crippen molar-refractivity contribution >= 4 is 18.4 Å². The van der Waals surface area contributed by atoms with Gasteiger partial charge in [-0.25, -0.2) is 4.79 Å². The minimum absolute atomic E-state index is 0.132. The zero-order valence-electron chi connectivity index (χ0n) is 26.9. The first-order chi connectivity index (χ1) is 22.0. The molecule has 45 heavy (non-hydrogen) atoms. The number of rotatable bonds is 12. The first kappa shape index (κ1) is 39.0. The summed E-state index contributed by atoms with van der Waals surface area (Å²) in [5.74, 6) is -1.37. The Bertz CT molecular complexity index is 1190. The Morgan fingerprint density at radius 3 is 1.78 bits per heavy atom. The minimum atomic E-state index is -0.876. The van der Waals surface area contributed by atoms with Crippen molar-refractivity contribution in [3.05, 3.63) is 108 Å². The van der Waals surface area contributed by atoms with Gasteiger partial charge in [0.2, 0.25) is 0 Å². The number of esters is 2. The number of aryl methyl sites for hydroxylation is 1. The van der Waals surface area contributed by atoms with Crippen LogP contribution >= 0.6 is 0 Å². The van der Waals surface area contributed by atoms with E-state index in [0.29, 0.717) is 31.3 Å². The van der Waals surface area contributed by atoms with Crippen LogP contribution in [0.4, 0.5) is 0 Å². The second kappa shape index (κ2) is 23.3. The molecule has 2 N–H and O–H groups in total. The fourth-order valence-corrected chi connectivity index (χ4v) is 5.13. The zero-order chi connectivity index (χ0) is 33.5. The van der Waals surface area contributed by atoms with Gasteiger partial charge in [-0.2, -0.15) is 0 Å². The monoisotopic (exact) mass is 624 g/mol. The van der Waals surface area contributed by atoms with Gasteiger partial charge in [0.25, 0.3) is 6.47 Å². The van der Waals surface area contributed by atoms with E-state index in [2.05, 4.69) is 31.2 Å². The van der Waals surface area contributed by atoms with Crippen LogP contribution in [0, 0.1) is 5.92 Å². The number of aliphatic hydroxyl groups excluding tert-OH is 2. The predicted molar refractivity (Wildman–Crippen MR) is 172 cm³/mol. The SMILES string of the molecule is CCC(OC(=O)Cc1ccccc1)C1C(OC=O)CCC1OC(=O)[C@@H](OC)c1ccccc1.CCc1ccccc1.CO.CO. The molecule has 0 aromatic heterocycles. The summed E-state index contributed by atoms with van der Waals surface area (Å²) < 4.78 is 22.3. The Kier molecular flexibility index (Phi) is 20.2. The highest BCUT2D eigenvalue weighted by Crippen LogP contribution is 2.37. The average Bonchev–Trinajstić information content (AvgIpc) is 3.48. The van der Waals surface area contributed by atoms with Crippen LogP contribution in [0.2, 0.25) is 0 Å². The second-order valence-corrected chi connectivity index (χ2v) is 9.87. The smallest absolute Gasteiger partial charge is 0.340 e. The molecule has 1 fully saturated rings. The summed E-state index contributed by atoms with van der Waals surface area (Å²) in [6.45, 7) is 4.44. The van der Waals surface area contributed by atoms with Crippen LogP contribution in [0.25, 0.3) is 0 Å². The van der Waals surface area contributed by atoms with Crippen LogP contribution in [-0.2, 0) is 46.2 Å². The molecular weight excluding hydrogens is 576 g/mol. The van der Waals surface area contributed by atoms with Gasteiger partial charge in [0.15, 0.2) is 6.10 Å². The van der Waals surface area contributed by atoms with Crippen LogP contribution in [0.5, 0.6) is 0 Å². The van der Waals surface area contributed by atoms with Gasteiger partial charge in [-0.1, -0.05) is 105 Å². The van der Waals surface area contributed by atoms with E-state index in [1.807, 2.05) is 61.5 Å². The van der Waals surface area contributed by atoms with Gasteiger partial charge in [-0.15, -0.1) is 0 Å².